The molecular formula is C20H17CrNO3. The molecule has 0 fully saturated rings. The van der Waals surface area contributed by atoms with E-state index >= 15 is 0 Å². The Morgan fingerprint density at radius 1 is 0.880 bits per heavy atom. The normalized spacial score (nSPS) is 8.20. The standard InChI is InChI=1S/C17H17N.3CO.Cr/c1-12(2)17-16(11-15-8-5-9-18(15)17)14-7-4-6-13(3)10-14;3*1-2;/h4-11H,1-3H3;;;;. The van der Waals surface area contributed by atoms with Crippen LogP contribution in [0.5, 0.6) is 0 Å². The van der Waals surface area contributed by atoms with Crippen molar-refractivity contribution in [1.82, 2.24) is 4.40 Å². The Balaban J connectivity index is 0. The van der Waals surface area contributed by atoms with E-state index in [0.29, 0.717) is 0 Å². The molecule has 5 heteroatoms. The third-order valence-electron chi connectivity index (χ3n) is 3.37. The maximum Gasteiger partial charge on any atom is 0 e. The van der Waals surface area contributed by atoms with Crippen molar-refractivity contribution in [2.75, 3.05) is 0 Å². The van der Waals surface area contributed by atoms with Crippen LogP contribution in [0.3, 0.4) is 0 Å². The average Bonchev–Trinajstić information content (AvgIpc) is 3.21. The first-order valence-corrected chi connectivity index (χ1v) is 6.92. The maximum atomic E-state index is 7.50. The summed E-state index contributed by atoms with van der Waals surface area (Å²) in [5.41, 5.74) is 6.54. The van der Waals surface area contributed by atoms with E-state index in [1.807, 2.05) is 0 Å². The number of nitrogens with zero attached hydrogens (tertiary/aromatic N) is 1. The number of hydrogen-bond donors (Lipinski definition) is 0. The summed E-state index contributed by atoms with van der Waals surface area (Å²) in [7, 11) is 0. The minimum absolute atomic E-state index is 0. The summed E-state index contributed by atoms with van der Waals surface area (Å²) >= 11 is 0. The molecule has 25 heavy (non-hydrogen) atoms. The minimum Gasteiger partial charge on any atom is 0 e. The van der Waals surface area contributed by atoms with Crippen molar-refractivity contribution in [3.05, 3.63) is 79.5 Å². The number of aromatic nitrogens is 1. The Hall–Kier alpha value is -2.27. The molecule has 126 valence electrons. The molecule has 0 saturated heterocycles. The van der Waals surface area contributed by atoms with E-state index in [2.05, 4.69) is 93.8 Å². The van der Waals surface area contributed by atoms with Crippen LogP contribution in [0, 0.1) is 26.9 Å². The van der Waals surface area contributed by atoms with Crippen molar-refractivity contribution >= 4 is 11.1 Å². The Morgan fingerprint density at radius 2 is 1.48 bits per heavy atom. The van der Waals surface area contributed by atoms with E-state index in [9.17, 15) is 0 Å². The van der Waals surface area contributed by atoms with Gasteiger partial charge >= 0.3 is 33.9 Å². The van der Waals surface area contributed by atoms with Crippen LogP contribution >= 0.6 is 0 Å². The van der Waals surface area contributed by atoms with Crippen LogP contribution in [0.4, 0.5) is 0 Å². The molecule has 0 N–H and O–H groups in total. The third kappa shape index (κ3) is 5.94. The number of aryl methyl sites for hydroxylation is 1. The average molecular weight is 371 g/mol. The van der Waals surface area contributed by atoms with Gasteiger partial charge in [-0.1, -0.05) is 35.4 Å². The molecule has 2 aromatic heterocycles. The fraction of sp³-hybridized carbons (Fsp3) is 0.150. The smallest absolute Gasteiger partial charge is 0 e. The molecule has 0 unspecified atom stereocenters. The van der Waals surface area contributed by atoms with Gasteiger partial charge in [-0.05, 0) is 44.5 Å². The van der Waals surface area contributed by atoms with Gasteiger partial charge in [-0.3, -0.25) is 0 Å². The Kier molecular flexibility index (Phi) is 13.1. The van der Waals surface area contributed by atoms with Crippen molar-refractivity contribution in [2.24, 2.45) is 0 Å². The SMILES string of the molecule is CC(C)=c1c(-c2cccc(C)c2)cc2cccn12.[C-]#[O+].[C-]#[O+].[C-]#[O+].[Cr]. The van der Waals surface area contributed by atoms with Gasteiger partial charge in [-0.25, -0.2) is 0 Å². The summed E-state index contributed by atoms with van der Waals surface area (Å²) in [6.07, 6.45) is 2.14. The summed E-state index contributed by atoms with van der Waals surface area (Å²) < 4.78 is 24.8. The van der Waals surface area contributed by atoms with Gasteiger partial charge in [0, 0.05) is 34.6 Å². The number of benzene rings is 1. The van der Waals surface area contributed by atoms with E-state index < -0.39 is 0 Å². The first-order valence-electron chi connectivity index (χ1n) is 6.92. The molecular weight excluding hydrogens is 354 g/mol. The zero-order chi connectivity index (χ0) is 18.7. The maximum absolute atomic E-state index is 7.50. The van der Waals surface area contributed by atoms with Crippen LogP contribution in [0.15, 0.2) is 48.7 Å². The summed E-state index contributed by atoms with van der Waals surface area (Å²) in [6.45, 7) is 20.0. The van der Waals surface area contributed by atoms with E-state index in [4.69, 9.17) is 14.0 Å². The third-order valence-corrected chi connectivity index (χ3v) is 3.37. The second-order valence-corrected chi connectivity index (χ2v) is 5.08. The predicted octanol–water partition coefficient (Wildman–Crippen LogP) is 3.71. The molecule has 0 saturated carbocycles. The number of fused-ring (bicyclic) bond motifs is 1. The topological polar surface area (TPSA) is 64.1 Å². The summed E-state index contributed by atoms with van der Waals surface area (Å²) in [4.78, 5) is 0. The molecule has 3 aromatic rings. The largest absolute Gasteiger partial charge is 0 e. The fourth-order valence-corrected chi connectivity index (χ4v) is 2.60. The van der Waals surface area contributed by atoms with Crippen LogP contribution in [0.25, 0.3) is 22.2 Å². The Labute approximate surface area is 158 Å². The van der Waals surface area contributed by atoms with Crippen molar-refractivity contribution in [2.45, 2.75) is 20.8 Å². The molecule has 0 aliphatic carbocycles. The van der Waals surface area contributed by atoms with E-state index in [1.54, 1.807) is 0 Å². The first kappa shape index (κ1) is 25.0. The molecule has 3 rings (SSSR count). The summed E-state index contributed by atoms with van der Waals surface area (Å²) in [5.74, 6) is 0. The minimum atomic E-state index is 0. The Morgan fingerprint density at radius 3 is 2.00 bits per heavy atom. The molecule has 0 amide bonds. The second-order valence-electron chi connectivity index (χ2n) is 5.08. The zero-order valence-electron chi connectivity index (χ0n) is 14.2. The van der Waals surface area contributed by atoms with Crippen LogP contribution in [-0.4, -0.2) is 4.40 Å². The van der Waals surface area contributed by atoms with Crippen LogP contribution < -0.4 is 5.35 Å². The molecule has 1 aromatic carbocycles. The second kappa shape index (κ2) is 13.1. The van der Waals surface area contributed by atoms with Gasteiger partial charge in [0.15, 0.2) is 0 Å². The van der Waals surface area contributed by atoms with Crippen LogP contribution in [0.1, 0.15) is 19.4 Å². The van der Waals surface area contributed by atoms with E-state index in [-0.39, 0.29) is 17.4 Å². The predicted molar refractivity (Wildman–Crippen MR) is 89.3 cm³/mol. The van der Waals surface area contributed by atoms with Gasteiger partial charge in [0.2, 0.25) is 0 Å². The first-order chi connectivity index (χ1) is 11.7. The molecule has 0 aliphatic heterocycles. The molecule has 0 spiro atoms. The van der Waals surface area contributed by atoms with Gasteiger partial charge < -0.3 is 4.40 Å². The monoisotopic (exact) mass is 371 g/mol. The number of rotatable bonds is 1. The molecule has 0 radical (unpaired) electrons. The van der Waals surface area contributed by atoms with Gasteiger partial charge in [-0.15, -0.1) is 0 Å². The van der Waals surface area contributed by atoms with E-state index in [0.717, 1.165) is 0 Å². The number of hydrogen-bond acceptors (Lipinski definition) is 0. The van der Waals surface area contributed by atoms with Gasteiger partial charge in [0.25, 0.3) is 0 Å². The van der Waals surface area contributed by atoms with Gasteiger partial charge in [0.05, 0.1) is 5.35 Å². The Bertz CT molecular complexity index is 886. The molecule has 0 atom stereocenters. The molecule has 2 heterocycles. The fourth-order valence-electron chi connectivity index (χ4n) is 2.60. The van der Waals surface area contributed by atoms with Crippen LogP contribution in [0.2, 0.25) is 0 Å². The zero-order valence-corrected chi connectivity index (χ0v) is 15.5. The molecule has 0 bridgehead atoms. The van der Waals surface area contributed by atoms with Gasteiger partial charge in [0.1, 0.15) is 0 Å². The van der Waals surface area contributed by atoms with E-state index in [1.165, 1.54) is 33.1 Å². The van der Waals surface area contributed by atoms with Crippen LogP contribution in [-0.2, 0) is 31.3 Å². The van der Waals surface area contributed by atoms with Crippen molar-refractivity contribution in [3.63, 3.8) is 0 Å². The summed E-state index contributed by atoms with van der Waals surface area (Å²) in [5, 5.41) is 1.32. The van der Waals surface area contributed by atoms with Crippen molar-refractivity contribution < 1.29 is 31.3 Å². The summed E-state index contributed by atoms with van der Waals surface area (Å²) in [6, 6.07) is 15.2. The molecule has 0 aliphatic rings. The molecule has 4 nitrogen and oxygen atoms in total. The quantitative estimate of drug-likeness (QED) is 0.462. The van der Waals surface area contributed by atoms with Gasteiger partial charge in [-0.2, -0.15) is 0 Å². The van der Waals surface area contributed by atoms with Crippen molar-refractivity contribution in [3.8, 4) is 11.1 Å². The van der Waals surface area contributed by atoms with Crippen molar-refractivity contribution in [1.29, 1.82) is 0 Å².